The molecule has 0 bridgehead atoms. The molecular weight excluding hydrogens is 244 g/mol. The van der Waals surface area contributed by atoms with Gasteiger partial charge in [-0.05, 0) is 30.9 Å². The first kappa shape index (κ1) is 15.2. The highest BCUT2D eigenvalue weighted by molar-refractivity contribution is 6.02. The molecule has 0 radical (unpaired) electrons. The van der Waals surface area contributed by atoms with Gasteiger partial charge in [-0.1, -0.05) is 32.9 Å². The number of carbonyl (C=O) groups is 2. The van der Waals surface area contributed by atoms with Crippen molar-refractivity contribution >= 4 is 11.9 Å². The maximum Gasteiger partial charge on any atom is 0.339 e. The van der Waals surface area contributed by atoms with E-state index in [4.69, 9.17) is 9.84 Å². The molecule has 1 atom stereocenters. The molecule has 0 fully saturated rings. The summed E-state index contributed by atoms with van der Waals surface area (Å²) in [6, 6.07) is 6.11. The van der Waals surface area contributed by atoms with Crippen LogP contribution in [-0.4, -0.2) is 23.1 Å². The number of carboxylic acid groups (broad SMARTS) is 1. The molecule has 104 valence electrons. The minimum atomic E-state index is -1.12. The molecule has 0 heterocycles. The van der Waals surface area contributed by atoms with Crippen molar-refractivity contribution in [1.29, 1.82) is 0 Å². The lowest BCUT2D eigenvalue weighted by atomic mass is 10.0. The van der Waals surface area contributed by atoms with Crippen molar-refractivity contribution in [3.63, 3.8) is 0 Å². The quantitative estimate of drug-likeness (QED) is 0.800. The Balaban J connectivity index is 2.86. The predicted molar refractivity (Wildman–Crippen MR) is 72.4 cm³/mol. The van der Waals surface area contributed by atoms with E-state index >= 15 is 0 Å². The van der Waals surface area contributed by atoms with Crippen LogP contribution in [0, 0.1) is 5.92 Å². The average Bonchev–Trinajstić information content (AvgIpc) is 2.37. The predicted octanol–water partition coefficient (Wildman–Crippen LogP) is 3.37. The van der Waals surface area contributed by atoms with Gasteiger partial charge in [0.1, 0.15) is 6.10 Å². The highest BCUT2D eigenvalue weighted by atomic mass is 16.5. The Labute approximate surface area is 113 Å². The summed E-state index contributed by atoms with van der Waals surface area (Å²) in [4.78, 5) is 23.1. The molecular formula is C15H20O4. The van der Waals surface area contributed by atoms with Gasteiger partial charge >= 0.3 is 11.9 Å². The first-order valence-electron chi connectivity index (χ1n) is 6.49. The minimum Gasteiger partial charge on any atom is -0.478 e. The first-order valence-corrected chi connectivity index (χ1v) is 6.49. The Morgan fingerprint density at radius 2 is 1.79 bits per heavy atom. The Morgan fingerprint density at radius 3 is 2.26 bits per heavy atom. The van der Waals surface area contributed by atoms with Gasteiger partial charge in [-0.25, -0.2) is 9.59 Å². The topological polar surface area (TPSA) is 63.6 Å². The Hall–Kier alpha value is -1.84. The van der Waals surface area contributed by atoms with E-state index in [1.54, 1.807) is 12.1 Å². The van der Waals surface area contributed by atoms with Crippen LogP contribution in [0.3, 0.4) is 0 Å². The third kappa shape index (κ3) is 4.39. The molecule has 1 rings (SSSR count). The zero-order valence-electron chi connectivity index (χ0n) is 11.6. The summed E-state index contributed by atoms with van der Waals surface area (Å²) in [5.41, 5.74) is 0.0871. The fraction of sp³-hybridized carbons (Fsp3) is 0.467. The van der Waals surface area contributed by atoms with Gasteiger partial charge in [-0.15, -0.1) is 0 Å². The summed E-state index contributed by atoms with van der Waals surface area (Å²) in [6.45, 7) is 6.06. The SMILES string of the molecule is CC[C@H](CC(C)C)OC(=O)c1ccccc1C(=O)O. The van der Waals surface area contributed by atoms with E-state index in [0.717, 1.165) is 12.8 Å². The van der Waals surface area contributed by atoms with Gasteiger partial charge < -0.3 is 9.84 Å². The van der Waals surface area contributed by atoms with Gasteiger partial charge in [0.25, 0.3) is 0 Å². The van der Waals surface area contributed by atoms with Crippen molar-refractivity contribution in [3.8, 4) is 0 Å². The number of rotatable bonds is 6. The number of ether oxygens (including phenoxy) is 1. The lowest BCUT2D eigenvalue weighted by Gasteiger charge is -2.18. The third-order valence-electron chi connectivity index (χ3n) is 2.84. The first-order chi connectivity index (χ1) is 8.95. The highest BCUT2D eigenvalue weighted by Gasteiger charge is 2.20. The van der Waals surface area contributed by atoms with Crippen molar-refractivity contribution in [2.24, 2.45) is 5.92 Å². The summed E-state index contributed by atoms with van der Waals surface area (Å²) in [5.74, 6) is -1.26. The van der Waals surface area contributed by atoms with E-state index in [1.165, 1.54) is 12.1 Å². The molecule has 1 N–H and O–H groups in total. The number of hydrogen-bond donors (Lipinski definition) is 1. The molecule has 19 heavy (non-hydrogen) atoms. The van der Waals surface area contributed by atoms with Crippen molar-refractivity contribution in [2.45, 2.75) is 39.7 Å². The maximum absolute atomic E-state index is 12.0. The highest BCUT2D eigenvalue weighted by Crippen LogP contribution is 2.16. The summed E-state index contributed by atoms with van der Waals surface area (Å²) in [5, 5.41) is 9.04. The fourth-order valence-corrected chi connectivity index (χ4v) is 1.89. The van der Waals surface area contributed by atoms with Crippen LogP contribution < -0.4 is 0 Å². The Morgan fingerprint density at radius 1 is 1.21 bits per heavy atom. The molecule has 0 aliphatic rings. The fourth-order valence-electron chi connectivity index (χ4n) is 1.89. The number of carboxylic acids is 1. The molecule has 0 aromatic heterocycles. The normalized spacial score (nSPS) is 12.2. The largest absolute Gasteiger partial charge is 0.478 e. The lowest BCUT2D eigenvalue weighted by Crippen LogP contribution is -2.21. The monoisotopic (exact) mass is 264 g/mol. The van der Waals surface area contributed by atoms with E-state index in [1.807, 2.05) is 6.92 Å². The molecule has 0 unspecified atom stereocenters. The van der Waals surface area contributed by atoms with Gasteiger partial charge in [0.15, 0.2) is 0 Å². The standard InChI is InChI=1S/C15H20O4/c1-4-11(9-10(2)3)19-15(18)13-8-6-5-7-12(13)14(16)17/h5-8,10-11H,4,9H2,1-3H3,(H,16,17)/t11-/m1/s1. The van der Waals surface area contributed by atoms with Crippen molar-refractivity contribution in [3.05, 3.63) is 35.4 Å². The molecule has 0 saturated heterocycles. The van der Waals surface area contributed by atoms with Gasteiger partial charge in [-0.2, -0.15) is 0 Å². The van der Waals surface area contributed by atoms with Crippen molar-refractivity contribution in [2.75, 3.05) is 0 Å². The number of hydrogen-bond acceptors (Lipinski definition) is 3. The summed E-state index contributed by atoms with van der Waals surface area (Å²) >= 11 is 0. The van der Waals surface area contributed by atoms with E-state index in [2.05, 4.69) is 13.8 Å². The molecule has 0 saturated carbocycles. The zero-order valence-corrected chi connectivity index (χ0v) is 11.6. The van der Waals surface area contributed by atoms with Crippen molar-refractivity contribution in [1.82, 2.24) is 0 Å². The second-order valence-corrected chi connectivity index (χ2v) is 4.92. The molecule has 0 aliphatic heterocycles. The zero-order chi connectivity index (χ0) is 14.4. The lowest BCUT2D eigenvalue weighted by molar-refractivity contribution is 0.0239. The molecule has 1 aromatic rings. The van der Waals surface area contributed by atoms with Crippen LogP contribution in [0.5, 0.6) is 0 Å². The van der Waals surface area contributed by atoms with Crippen LogP contribution in [-0.2, 0) is 4.74 Å². The number of benzene rings is 1. The average molecular weight is 264 g/mol. The number of esters is 1. The molecule has 4 heteroatoms. The summed E-state index contributed by atoms with van der Waals surface area (Å²) in [7, 11) is 0. The third-order valence-corrected chi connectivity index (χ3v) is 2.84. The van der Waals surface area contributed by atoms with E-state index in [-0.39, 0.29) is 17.2 Å². The maximum atomic E-state index is 12.0. The second kappa shape index (κ2) is 6.92. The molecule has 0 aliphatic carbocycles. The van der Waals surface area contributed by atoms with Gasteiger partial charge in [0, 0.05) is 0 Å². The van der Waals surface area contributed by atoms with Crippen LogP contribution in [0.4, 0.5) is 0 Å². The van der Waals surface area contributed by atoms with Crippen LogP contribution in [0.2, 0.25) is 0 Å². The summed E-state index contributed by atoms with van der Waals surface area (Å²) < 4.78 is 5.39. The minimum absolute atomic E-state index is 0.0214. The Bertz CT molecular complexity index is 451. The Kier molecular flexibility index (Phi) is 5.55. The van der Waals surface area contributed by atoms with E-state index < -0.39 is 11.9 Å². The van der Waals surface area contributed by atoms with Gasteiger partial charge in [0.05, 0.1) is 11.1 Å². The van der Waals surface area contributed by atoms with Gasteiger partial charge in [-0.3, -0.25) is 0 Å². The van der Waals surface area contributed by atoms with Gasteiger partial charge in [0.2, 0.25) is 0 Å². The van der Waals surface area contributed by atoms with Crippen LogP contribution in [0.15, 0.2) is 24.3 Å². The smallest absolute Gasteiger partial charge is 0.339 e. The number of aromatic carboxylic acids is 1. The van der Waals surface area contributed by atoms with Crippen LogP contribution in [0.1, 0.15) is 54.3 Å². The van der Waals surface area contributed by atoms with Crippen LogP contribution >= 0.6 is 0 Å². The molecule has 4 nitrogen and oxygen atoms in total. The number of carbonyl (C=O) groups excluding carboxylic acids is 1. The molecule has 0 spiro atoms. The van der Waals surface area contributed by atoms with Crippen molar-refractivity contribution < 1.29 is 19.4 Å². The van der Waals surface area contributed by atoms with E-state index in [0.29, 0.717) is 5.92 Å². The molecule has 0 amide bonds. The summed E-state index contributed by atoms with van der Waals surface area (Å²) in [6.07, 6.45) is 1.32. The van der Waals surface area contributed by atoms with E-state index in [9.17, 15) is 9.59 Å². The van der Waals surface area contributed by atoms with Crippen LogP contribution in [0.25, 0.3) is 0 Å². The second-order valence-electron chi connectivity index (χ2n) is 4.92. The molecule has 1 aromatic carbocycles.